The lowest BCUT2D eigenvalue weighted by Gasteiger charge is -2.49. The van der Waals surface area contributed by atoms with Crippen LogP contribution >= 0.6 is 11.6 Å². The normalized spacial score (nSPS) is 30.8. The molecule has 3 heterocycles. The molecular weight excluding hydrogens is 370 g/mol. The number of fused-ring (bicyclic) bond motifs is 3. The first-order chi connectivity index (χ1) is 13.0. The lowest BCUT2D eigenvalue weighted by molar-refractivity contribution is -0.157. The minimum Gasteiger partial charge on any atom is -0.465 e. The van der Waals surface area contributed by atoms with Crippen LogP contribution in [-0.4, -0.2) is 77.7 Å². The van der Waals surface area contributed by atoms with Crippen LogP contribution in [0.15, 0.2) is 36.0 Å². The molecule has 4 rings (SSSR count). The van der Waals surface area contributed by atoms with Gasteiger partial charge in [0.15, 0.2) is 0 Å². The van der Waals surface area contributed by atoms with E-state index in [1.807, 2.05) is 37.4 Å². The molecule has 8 heteroatoms. The topological polar surface area (TPSA) is 65.5 Å². The third-order valence-electron chi connectivity index (χ3n) is 5.50. The molecule has 0 bridgehead atoms. The molecule has 0 aliphatic carbocycles. The number of likely N-dealkylation sites (N-methyl/N-ethyl adjacent to an activating group) is 1. The Kier molecular flexibility index (Phi) is 5.13. The molecule has 4 atom stereocenters. The number of hydrazine groups is 1. The Bertz CT molecular complexity index is 741. The molecule has 3 aliphatic rings. The highest BCUT2D eigenvalue weighted by Gasteiger charge is 2.52. The van der Waals surface area contributed by atoms with Gasteiger partial charge in [-0.2, -0.15) is 0 Å². The number of carbonyl (C=O) groups is 1. The van der Waals surface area contributed by atoms with E-state index in [2.05, 4.69) is 10.0 Å². The van der Waals surface area contributed by atoms with Gasteiger partial charge in [0.05, 0.1) is 50.2 Å². The fourth-order valence-corrected chi connectivity index (χ4v) is 4.38. The van der Waals surface area contributed by atoms with Gasteiger partial charge in [-0.15, -0.1) is 0 Å². The summed E-state index contributed by atoms with van der Waals surface area (Å²) in [6.45, 7) is 3.17. The molecule has 1 N–H and O–H groups in total. The number of halogens is 1. The molecular formula is C19H24ClN3O4. The van der Waals surface area contributed by atoms with Crippen molar-refractivity contribution < 1.29 is 19.4 Å². The van der Waals surface area contributed by atoms with Gasteiger partial charge in [-0.3, -0.25) is 14.7 Å². The molecule has 146 valence electrons. The van der Waals surface area contributed by atoms with Gasteiger partial charge in [-0.25, -0.2) is 5.01 Å². The van der Waals surface area contributed by atoms with Gasteiger partial charge in [0.25, 0.3) is 0 Å². The second-order valence-electron chi connectivity index (χ2n) is 7.03. The number of hydrogen-bond acceptors (Lipinski definition) is 7. The van der Waals surface area contributed by atoms with Crippen molar-refractivity contribution in [2.45, 2.75) is 31.3 Å². The maximum atomic E-state index is 12.0. The summed E-state index contributed by atoms with van der Waals surface area (Å²) in [5.74, 6) is -0.336. The Morgan fingerprint density at radius 3 is 2.70 bits per heavy atom. The molecule has 0 saturated carbocycles. The van der Waals surface area contributed by atoms with E-state index in [4.69, 9.17) is 21.1 Å². The molecule has 3 aliphatic heterocycles. The number of esters is 1. The Hall–Kier alpha value is -1.64. The minimum atomic E-state index is -0.892. The number of aliphatic hydroxyl groups is 1. The van der Waals surface area contributed by atoms with E-state index in [-0.39, 0.29) is 30.6 Å². The van der Waals surface area contributed by atoms with Crippen molar-refractivity contribution in [2.24, 2.45) is 0 Å². The maximum Gasteiger partial charge on any atom is 0.320 e. The van der Waals surface area contributed by atoms with E-state index >= 15 is 0 Å². The summed E-state index contributed by atoms with van der Waals surface area (Å²) in [6.07, 6.45) is 1.15. The van der Waals surface area contributed by atoms with E-state index in [0.717, 1.165) is 11.3 Å². The van der Waals surface area contributed by atoms with Crippen molar-refractivity contribution in [1.29, 1.82) is 0 Å². The van der Waals surface area contributed by atoms with Crippen molar-refractivity contribution in [2.75, 3.05) is 33.4 Å². The summed E-state index contributed by atoms with van der Waals surface area (Å²) in [7, 11) is 2.01. The standard InChI is InChI=1S/C19H24ClN3O4/c1-3-27-18(24)9-22-16-10-26-11-17(16)23-15(19(22)25)8-14(21(23)2)12-4-6-13(20)7-5-12/h4-8,14,16-17,19,25H,3,9-11H2,1-2H3. The molecule has 0 spiro atoms. The summed E-state index contributed by atoms with van der Waals surface area (Å²) in [6, 6.07) is 7.66. The molecule has 7 nitrogen and oxygen atoms in total. The second kappa shape index (κ2) is 7.41. The monoisotopic (exact) mass is 393 g/mol. The lowest BCUT2D eigenvalue weighted by Crippen LogP contribution is -2.64. The maximum absolute atomic E-state index is 12.0. The van der Waals surface area contributed by atoms with Crippen molar-refractivity contribution in [3.63, 3.8) is 0 Å². The summed E-state index contributed by atoms with van der Waals surface area (Å²) >= 11 is 6.02. The number of nitrogens with zero attached hydrogens (tertiary/aromatic N) is 3. The number of ether oxygens (including phenoxy) is 2. The Morgan fingerprint density at radius 2 is 2.00 bits per heavy atom. The summed E-state index contributed by atoms with van der Waals surface area (Å²) in [5.41, 5.74) is 1.86. The van der Waals surface area contributed by atoms with Crippen LogP contribution in [0.1, 0.15) is 18.5 Å². The van der Waals surface area contributed by atoms with Gasteiger partial charge in [-0.05, 0) is 30.7 Å². The quantitative estimate of drug-likeness (QED) is 0.775. The third kappa shape index (κ3) is 3.23. The summed E-state index contributed by atoms with van der Waals surface area (Å²) in [4.78, 5) is 13.8. The fraction of sp³-hybridized carbons (Fsp3) is 0.526. The first-order valence-electron chi connectivity index (χ1n) is 9.17. The first-order valence-corrected chi connectivity index (χ1v) is 9.55. The zero-order chi connectivity index (χ0) is 19.1. The van der Waals surface area contributed by atoms with Crippen LogP contribution in [0.2, 0.25) is 5.02 Å². The van der Waals surface area contributed by atoms with E-state index in [9.17, 15) is 9.90 Å². The van der Waals surface area contributed by atoms with Crippen molar-refractivity contribution in [3.8, 4) is 0 Å². The van der Waals surface area contributed by atoms with Crippen molar-refractivity contribution in [1.82, 2.24) is 14.9 Å². The molecule has 4 unspecified atom stereocenters. The predicted octanol–water partition coefficient (Wildman–Crippen LogP) is 1.39. The van der Waals surface area contributed by atoms with Gasteiger partial charge in [0.1, 0.15) is 6.23 Å². The smallest absolute Gasteiger partial charge is 0.320 e. The number of aliphatic hydroxyl groups excluding tert-OH is 1. The van der Waals surface area contributed by atoms with Crippen LogP contribution in [0.5, 0.6) is 0 Å². The number of benzene rings is 1. The molecule has 2 fully saturated rings. The molecule has 0 amide bonds. The van der Waals surface area contributed by atoms with E-state index in [0.29, 0.717) is 24.8 Å². The Morgan fingerprint density at radius 1 is 1.30 bits per heavy atom. The predicted molar refractivity (Wildman–Crippen MR) is 99.6 cm³/mol. The molecule has 0 aromatic heterocycles. The van der Waals surface area contributed by atoms with Crippen LogP contribution in [0.25, 0.3) is 0 Å². The van der Waals surface area contributed by atoms with Crippen molar-refractivity contribution in [3.05, 3.63) is 46.6 Å². The first kappa shape index (κ1) is 18.7. The largest absolute Gasteiger partial charge is 0.465 e. The number of hydrogen-bond donors (Lipinski definition) is 1. The van der Waals surface area contributed by atoms with Crippen LogP contribution in [0, 0.1) is 0 Å². The summed E-state index contributed by atoms with van der Waals surface area (Å²) < 4.78 is 10.8. The fourth-order valence-electron chi connectivity index (χ4n) is 4.26. The van der Waals surface area contributed by atoms with E-state index < -0.39 is 6.23 Å². The Balaban J connectivity index is 1.64. The Labute approximate surface area is 163 Å². The number of carbonyl (C=O) groups excluding carboxylic acids is 1. The SMILES string of the molecule is CCOC(=O)CN1C(O)C2=CC(c3ccc(Cl)cc3)N(C)N2C2COCC21. The van der Waals surface area contributed by atoms with Gasteiger partial charge in [-0.1, -0.05) is 23.7 Å². The van der Waals surface area contributed by atoms with Crippen LogP contribution in [-0.2, 0) is 14.3 Å². The number of rotatable bonds is 4. The van der Waals surface area contributed by atoms with Crippen LogP contribution < -0.4 is 0 Å². The molecule has 2 saturated heterocycles. The van der Waals surface area contributed by atoms with E-state index in [1.54, 1.807) is 11.8 Å². The minimum absolute atomic E-state index is 0.0179. The molecule has 1 aromatic carbocycles. The van der Waals surface area contributed by atoms with Crippen LogP contribution in [0.4, 0.5) is 0 Å². The highest BCUT2D eigenvalue weighted by atomic mass is 35.5. The third-order valence-corrected chi connectivity index (χ3v) is 5.76. The van der Waals surface area contributed by atoms with E-state index in [1.165, 1.54) is 0 Å². The second-order valence-corrected chi connectivity index (χ2v) is 7.47. The molecule has 27 heavy (non-hydrogen) atoms. The highest BCUT2D eigenvalue weighted by molar-refractivity contribution is 6.30. The number of piperazine rings is 1. The van der Waals surface area contributed by atoms with Gasteiger partial charge < -0.3 is 14.6 Å². The zero-order valence-electron chi connectivity index (χ0n) is 15.4. The zero-order valence-corrected chi connectivity index (χ0v) is 16.2. The average molecular weight is 394 g/mol. The van der Waals surface area contributed by atoms with Gasteiger partial charge >= 0.3 is 5.97 Å². The average Bonchev–Trinajstić information content (AvgIpc) is 3.24. The molecule has 1 aromatic rings. The van der Waals surface area contributed by atoms with Crippen LogP contribution in [0.3, 0.4) is 0 Å². The van der Waals surface area contributed by atoms with Gasteiger partial charge in [0, 0.05) is 12.1 Å². The lowest BCUT2D eigenvalue weighted by atomic mass is 10.0. The molecule has 0 radical (unpaired) electrons. The van der Waals surface area contributed by atoms with Gasteiger partial charge in [0.2, 0.25) is 0 Å². The summed E-state index contributed by atoms with van der Waals surface area (Å²) in [5, 5.41) is 16.0. The highest BCUT2D eigenvalue weighted by Crippen LogP contribution is 2.42. The van der Waals surface area contributed by atoms with Crippen molar-refractivity contribution >= 4 is 17.6 Å².